The fourth-order valence-electron chi connectivity index (χ4n) is 1.74. The van der Waals surface area contributed by atoms with Crippen LogP contribution in [0.15, 0.2) is 24.3 Å². The second kappa shape index (κ2) is 7.97. The van der Waals surface area contributed by atoms with E-state index < -0.39 is 6.10 Å². The highest BCUT2D eigenvalue weighted by Crippen LogP contribution is 2.21. The summed E-state index contributed by atoms with van der Waals surface area (Å²) in [7, 11) is 0. The van der Waals surface area contributed by atoms with Crippen LogP contribution < -0.4 is 10.6 Å². The molecule has 1 fully saturated rings. The van der Waals surface area contributed by atoms with E-state index >= 15 is 0 Å². The molecule has 0 saturated carbocycles. The summed E-state index contributed by atoms with van der Waals surface area (Å²) in [4.78, 5) is 11.7. The smallest absolute Gasteiger partial charge is 0.238 e. The number of hydrogen-bond acceptors (Lipinski definition) is 4. The highest BCUT2D eigenvalue weighted by Gasteiger charge is 2.23. The summed E-state index contributed by atoms with van der Waals surface area (Å²) in [6.07, 6.45) is -0.781. The summed E-state index contributed by atoms with van der Waals surface area (Å²) in [5.41, 5.74) is 0.633. The number of thioether (sulfide) groups is 1. The molecule has 1 heterocycles. The largest absolute Gasteiger partial charge is 0.387 e. The van der Waals surface area contributed by atoms with Crippen LogP contribution in [0, 0.1) is 0 Å². The van der Waals surface area contributed by atoms with Crippen molar-refractivity contribution in [2.24, 2.45) is 0 Å². The van der Waals surface area contributed by atoms with Crippen molar-refractivity contribution in [3.05, 3.63) is 34.9 Å². The average molecular weight is 323 g/mol. The molecular weight excluding hydrogens is 307 g/mol. The van der Waals surface area contributed by atoms with E-state index in [9.17, 15) is 9.90 Å². The number of aliphatic hydroxyl groups excluding tert-OH is 1. The maximum absolute atomic E-state index is 11.7. The van der Waals surface area contributed by atoms with Crippen molar-refractivity contribution >= 4 is 41.7 Å². The second-order valence-corrected chi connectivity index (χ2v) is 5.49. The van der Waals surface area contributed by atoms with Gasteiger partial charge in [0.05, 0.1) is 12.1 Å². The van der Waals surface area contributed by atoms with Crippen LogP contribution in [0.5, 0.6) is 0 Å². The van der Waals surface area contributed by atoms with Crippen molar-refractivity contribution in [1.29, 1.82) is 0 Å². The number of benzene rings is 1. The van der Waals surface area contributed by atoms with Gasteiger partial charge in [-0.15, -0.1) is 24.2 Å². The Hall–Kier alpha value is -0.460. The van der Waals surface area contributed by atoms with Gasteiger partial charge in [0.2, 0.25) is 5.91 Å². The Morgan fingerprint density at radius 2 is 2.32 bits per heavy atom. The molecule has 0 spiro atoms. The lowest BCUT2D eigenvalue weighted by molar-refractivity contribution is -0.122. The van der Waals surface area contributed by atoms with E-state index in [4.69, 9.17) is 11.6 Å². The van der Waals surface area contributed by atoms with Gasteiger partial charge in [-0.2, -0.15) is 0 Å². The van der Waals surface area contributed by atoms with Gasteiger partial charge in [0.15, 0.2) is 0 Å². The number of amides is 1. The van der Waals surface area contributed by atoms with Crippen LogP contribution in [-0.2, 0) is 4.79 Å². The van der Waals surface area contributed by atoms with Gasteiger partial charge in [0, 0.05) is 28.8 Å². The van der Waals surface area contributed by atoms with E-state index in [-0.39, 0.29) is 30.9 Å². The van der Waals surface area contributed by atoms with Crippen LogP contribution in [-0.4, -0.2) is 35.2 Å². The predicted molar refractivity (Wildman–Crippen MR) is 80.9 cm³/mol. The van der Waals surface area contributed by atoms with Gasteiger partial charge in [0.1, 0.15) is 0 Å². The van der Waals surface area contributed by atoms with Crippen molar-refractivity contribution in [1.82, 2.24) is 10.6 Å². The number of carbonyl (C=O) groups excluding carboxylic acids is 1. The number of nitrogens with one attached hydrogen (secondary N) is 2. The number of halogens is 2. The molecule has 1 aromatic rings. The molecule has 7 heteroatoms. The van der Waals surface area contributed by atoms with Crippen molar-refractivity contribution in [3.8, 4) is 0 Å². The van der Waals surface area contributed by atoms with Crippen LogP contribution in [0.3, 0.4) is 0 Å². The van der Waals surface area contributed by atoms with Gasteiger partial charge in [-0.3, -0.25) is 10.1 Å². The van der Waals surface area contributed by atoms with Crippen LogP contribution in [0.1, 0.15) is 11.7 Å². The molecule has 2 atom stereocenters. The SMILES string of the molecule is Cl.O=C(NCC(O)c1ccccc1Cl)[C@H]1CSCN1. The van der Waals surface area contributed by atoms with Gasteiger partial charge >= 0.3 is 0 Å². The average Bonchev–Trinajstić information content (AvgIpc) is 2.90. The quantitative estimate of drug-likeness (QED) is 0.787. The molecule has 3 N–H and O–H groups in total. The van der Waals surface area contributed by atoms with Crippen LogP contribution in [0.25, 0.3) is 0 Å². The molecule has 1 aromatic carbocycles. The molecule has 19 heavy (non-hydrogen) atoms. The van der Waals surface area contributed by atoms with Crippen LogP contribution >= 0.6 is 35.8 Å². The topological polar surface area (TPSA) is 61.4 Å². The van der Waals surface area contributed by atoms with E-state index in [0.717, 1.165) is 11.6 Å². The predicted octanol–water partition coefficient (Wildman–Crippen LogP) is 1.57. The zero-order chi connectivity index (χ0) is 13.0. The first kappa shape index (κ1) is 16.6. The highest BCUT2D eigenvalue weighted by atomic mass is 35.5. The summed E-state index contributed by atoms with van der Waals surface area (Å²) in [6.45, 7) is 0.172. The van der Waals surface area contributed by atoms with Gasteiger partial charge < -0.3 is 10.4 Å². The zero-order valence-electron chi connectivity index (χ0n) is 10.1. The Kier molecular flexibility index (Phi) is 6.96. The summed E-state index contributed by atoms with van der Waals surface area (Å²) >= 11 is 7.66. The standard InChI is InChI=1S/C12H15ClN2O2S.ClH/c13-9-4-2-1-3-8(9)11(16)5-14-12(17)10-6-18-7-15-10;/h1-4,10-11,15-16H,5-7H2,(H,14,17);1H/t10-,11?;/m1./s1. The van der Waals surface area contributed by atoms with Gasteiger partial charge in [-0.05, 0) is 6.07 Å². The van der Waals surface area contributed by atoms with E-state index in [0.29, 0.717) is 10.6 Å². The highest BCUT2D eigenvalue weighted by molar-refractivity contribution is 7.99. The Morgan fingerprint density at radius 1 is 1.58 bits per heavy atom. The molecule has 4 nitrogen and oxygen atoms in total. The maximum atomic E-state index is 11.7. The first-order valence-electron chi connectivity index (χ1n) is 5.70. The first-order chi connectivity index (χ1) is 8.68. The molecule has 1 unspecified atom stereocenters. The monoisotopic (exact) mass is 322 g/mol. The minimum Gasteiger partial charge on any atom is -0.387 e. The molecule has 1 amide bonds. The maximum Gasteiger partial charge on any atom is 0.238 e. The molecule has 1 aliphatic heterocycles. The van der Waals surface area contributed by atoms with Crippen molar-refractivity contribution in [3.63, 3.8) is 0 Å². The first-order valence-corrected chi connectivity index (χ1v) is 7.23. The molecule has 0 bridgehead atoms. The number of aliphatic hydroxyl groups is 1. The summed E-state index contributed by atoms with van der Waals surface area (Å²) in [6, 6.07) is 6.92. The van der Waals surface area contributed by atoms with E-state index in [1.807, 2.05) is 0 Å². The normalized spacial score (nSPS) is 19.6. The minimum atomic E-state index is -0.781. The van der Waals surface area contributed by atoms with Crippen molar-refractivity contribution in [2.75, 3.05) is 18.2 Å². The molecule has 106 valence electrons. The van der Waals surface area contributed by atoms with Crippen LogP contribution in [0.4, 0.5) is 0 Å². The summed E-state index contributed by atoms with van der Waals surface area (Å²) in [5.74, 6) is 1.49. The summed E-state index contributed by atoms with van der Waals surface area (Å²) < 4.78 is 0. The lowest BCUT2D eigenvalue weighted by Gasteiger charge is -2.15. The van der Waals surface area contributed by atoms with Gasteiger partial charge in [-0.25, -0.2) is 0 Å². The fraction of sp³-hybridized carbons (Fsp3) is 0.417. The fourth-order valence-corrected chi connectivity index (χ4v) is 2.94. The summed E-state index contributed by atoms with van der Waals surface area (Å²) in [5, 5.41) is 16.3. The van der Waals surface area contributed by atoms with E-state index in [1.165, 1.54) is 0 Å². The van der Waals surface area contributed by atoms with Gasteiger partial charge in [-0.1, -0.05) is 29.8 Å². The Balaban J connectivity index is 0.00000180. The number of hydrogen-bond donors (Lipinski definition) is 3. The third-order valence-electron chi connectivity index (χ3n) is 2.77. The third kappa shape index (κ3) is 4.54. The third-order valence-corrected chi connectivity index (χ3v) is 4.05. The molecular formula is C12H16Cl2N2O2S. The Labute approximate surface area is 127 Å². The Morgan fingerprint density at radius 3 is 2.95 bits per heavy atom. The van der Waals surface area contributed by atoms with E-state index in [2.05, 4.69) is 10.6 Å². The number of carbonyl (C=O) groups is 1. The lowest BCUT2D eigenvalue weighted by atomic mass is 10.1. The molecule has 2 rings (SSSR count). The van der Waals surface area contributed by atoms with E-state index in [1.54, 1.807) is 36.0 Å². The zero-order valence-corrected chi connectivity index (χ0v) is 12.5. The minimum absolute atomic E-state index is 0. The Bertz CT molecular complexity index is 428. The van der Waals surface area contributed by atoms with Crippen molar-refractivity contribution < 1.29 is 9.90 Å². The molecule has 0 radical (unpaired) electrons. The molecule has 1 aliphatic rings. The second-order valence-electron chi connectivity index (χ2n) is 4.05. The molecule has 0 aromatic heterocycles. The molecule has 1 saturated heterocycles. The molecule has 0 aliphatic carbocycles. The van der Waals surface area contributed by atoms with Gasteiger partial charge in [0.25, 0.3) is 0 Å². The van der Waals surface area contributed by atoms with Crippen molar-refractivity contribution in [2.45, 2.75) is 12.1 Å². The lowest BCUT2D eigenvalue weighted by Crippen LogP contribution is -2.43. The van der Waals surface area contributed by atoms with Crippen LogP contribution in [0.2, 0.25) is 5.02 Å². The number of rotatable bonds is 4.